The van der Waals surface area contributed by atoms with Crippen LogP contribution in [0.4, 0.5) is 5.69 Å². The van der Waals surface area contributed by atoms with Crippen LogP contribution in [0.5, 0.6) is 11.5 Å². The SMILES string of the molecule is CCOc1cc(C(=O)N(C)Cc2c(C)nc3sc(C)cn23)c([N+](=O)[O-])cc1OC. The van der Waals surface area contributed by atoms with E-state index < -0.39 is 10.8 Å². The van der Waals surface area contributed by atoms with E-state index >= 15 is 0 Å². The first-order valence-corrected chi connectivity index (χ1v) is 9.77. The van der Waals surface area contributed by atoms with Crippen LogP contribution in [0.1, 0.15) is 33.5 Å². The molecule has 3 aromatic rings. The van der Waals surface area contributed by atoms with Gasteiger partial charge in [-0.05, 0) is 20.8 Å². The highest BCUT2D eigenvalue weighted by molar-refractivity contribution is 7.17. The largest absolute Gasteiger partial charge is 0.493 e. The van der Waals surface area contributed by atoms with Crippen LogP contribution in [0.3, 0.4) is 0 Å². The summed E-state index contributed by atoms with van der Waals surface area (Å²) in [6, 6.07) is 2.59. The number of imidazole rings is 1. The van der Waals surface area contributed by atoms with Gasteiger partial charge in [0.25, 0.3) is 11.6 Å². The van der Waals surface area contributed by atoms with E-state index in [0.29, 0.717) is 6.61 Å². The first-order chi connectivity index (χ1) is 13.8. The van der Waals surface area contributed by atoms with E-state index in [1.807, 2.05) is 24.4 Å². The van der Waals surface area contributed by atoms with E-state index in [2.05, 4.69) is 4.98 Å². The predicted octanol–water partition coefficient (Wildman–Crippen LogP) is 3.60. The Hall–Kier alpha value is -3.14. The van der Waals surface area contributed by atoms with Gasteiger partial charge in [0.15, 0.2) is 16.5 Å². The van der Waals surface area contributed by atoms with Gasteiger partial charge in [-0.2, -0.15) is 0 Å². The fourth-order valence-electron chi connectivity index (χ4n) is 3.10. The van der Waals surface area contributed by atoms with Crippen molar-refractivity contribution in [3.8, 4) is 11.5 Å². The van der Waals surface area contributed by atoms with E-state index in [0.717, 1.165) is 21.2 Å². The van der Waals surface area contributed by atoms with Gasteiger partial charge in [0, 0.05) is 24.2 Å². The molecule has 0 atom stereocenters. The molecule has 0 aliphatic heterocycles. The number of carbonyl (C=O) groups excluding carboxylic acids is 1. The Bertz CT molecular complexity index is 1090. The van der Waals surface area contributed by atoms with Crippen LogP contribution in [0.15, 0.2) is 18.3 Å². The summed E-state index contributed by atoms with van der Waals surface area (Å²) in [4.78, 5) is 32.0. The van der Waals surface area contributed by atoms with Gasteiger partial charge in [-0.15, -0.1) is 11.3 Å². The van der Waals surface area contributed by atoms with Gasteiger partial charge in [-0.1, -0.05) is 0 Å². The normalized spacial score (nSPS) is 10.9. The molecule has 0 spiro atoms. The summed E-state index contributed by atoms with van der Waals surface area (Å²) in [5, 5.41) is 11.6. The minimum absolute atomic E-state index is 0.0540. The zero-order valence-electron chi connectivity index (χ0n) is 16.9. The first-order valence-electron chi connectivity index (χ1n) is 8.95. The Kier molecular flexibility index (Phi) is 5.73. The summed E-state index contributed by atoms with van der Waals surface area (Å²) in [5.74, 6) is 0.00943. The molecule has 29 heavy (non-hydrogen) atoms. The molecule has 0 saturated carbocycles. The minimum atomic E-state index is -0.593. The highest BCUT2D eigenvalue weighted by Crippen LogP contribution is 2.35. The zero-order chi connectivity index (χ0) is 21.3. The lowest BCUT2D eigenvalue weighted by Crippen LogP contribution is -2.28. The summed E-state index contributed by atoms with van der Waals surface area (Å²) in [7, 11) is 3.00. The van der Waals surface area contributed by atoms with E-state index in [-0.39, 0.29) is 29.3 Å². The number of carbonyl (C=O) groups is 1. The first kappa shape index (κ1) is 20.6. The molecule has 0 fully saturated rings. The number of nitro benzene ring substituents is 1. The smallest absolute Gasteiger partial charge is 0.286 e. The number of nitrogens with zero attached hydrogens (tertiary/aromatic N) is 4. The number of hydrogen-bond acceptors (Lipinski definition) is 7. The van der Waals surface area contributed by atoms with Crippen molar-refractivity contribution in [3.63, 3.8) is 0 Å². The van der Waals surface area contributed by atoms with Gasteiger partial charge < -0.3 is 14.4 Å². The molecular weight excluding hydrogens is 396 g/mol. The maximum atomic E-state index is 13.1. The van der Waals surface area contributed by atoms with Crippen LogP contribution in [-0.4, -0.2) is 45.9 Å². The summed E-state index contributed by atoms with van der Waals surface area (Å²) in [6.45, 7) is 6.25. The van der Waals surface area contributed by atoms with Crippen molar-refractivity contribution in [2.45, 2.75) is 27.3 Å². The molecular formula is C19H22N4O5S. The van der Waals surface area contributed by atoms with Crippen LogP contribution in [-0.2, 0) is 6.54 Å². The van der Waals surface area contributed by atoms with E-state index in [1.165, 1.54) is 24.1 Å². The Morgan fingerprint density at radius 2 is 2.07 bits per heavy atom. The van der Waals surface area contributed by atoms with Gasteiger partial charge in [-0.3, -0.25) is 19.3 Å². The average molecular weight is 418 g/mol. The summed E-state index contributed by atoms with van der Waals surface area (Å²) in [6.07, 6.45) is 1.97. The topological polar surface area (TPSA) is 99.2 Å². The average Bonchev–Trinajstić information content (AvgIpc) is 3.16. The van der Waals surface area contributed by atoms with Crippen LogP contribution in [0.2, 0.25) is 0 Å². The van der Waals surface area contributed by atoms with Crippen LogP contribution in [0.25, 0.3) is 4.96 Å². The lowest BCUT2D eigenvalue weighted by Gasteiger charge is -2.18. The number of benzene rings is 1. The molecule has 1 amide bonds. The molecule has 0 aliphatic rings. The summed E-state index contributed by atoms with van der Waals surface area (Å²) in [5.41, 5.74) is 1.29. The highest BCUT2D eigenvalue weighted by Gasteiger charge is 2.27. The second kappa shape index (κ2) is 8.08. The van der Waals surface area contributed by atoms with Crippen molar-refractivity contribution >= 4 is 27.9 Å². The molecule has 0 bridgehead atoms. The lowest BCUT2D eigenvalue weighted by molar-refractivity contribution is -0.385. The molecule has 154 valence electrons. The van der Waals surface area contributed by atoms with Crippen molar-refractivity contribution in [2.24, 2.45) is 0 Å². The van der Waals surface area contributed by atoms with E-state index in [9.17, 15) is 14.9 Å². The molecule has 2 aromatic heterocycles. The number of rotatable bonds is 7. The van der Waals surface area contributed by atoms with E-state index in [4.69, 9.17) is 9.47 Å². The summed E-state index contributed by atoms with van der Waals surface area (Å²) < 4.78 is 12.6. The number of hydrogen-bond donors (Lipinski definition) is 0. The Morgan fingerprint density at radius 3 is 2.69 bits per heavy atom. The molecule has 1 aromatic carbocycles. The number of thiazole rings is 1. The fraction of sp³-hybridized carbons (Fsp3) is 0.368. The number of aryl methyl sites for hydroxylation is 2. The molecule has 0 unspecified atom stereocenters. The number of methoxy groups -OCH3 is 1. The number of ether oxygens (including phenoxy) is 2. The van der Waals surface area contributed by atoms with Crippen molar-refractivity contribution in [1.82, 2.24) is 14.3 Å². The Balaban J connectivity index is 1.98. The number of aromatic nitrogens is 2. The Labute approximate surface area is 171 Å². The number of fused-ring (bicyclic) bond motifs is 1. The van der Waals surface area contributed by atoms with Crippen molar-refractivity contribution in [3.05, 3.63) is 50.3 Å². The third-order valence-corrected chi connectivity index (χ3v) is 5.38. The van der Waals surface area contributed by atoms with Gasteiger partial charge in [-0.25, -0.2) is 4.98 Å². The van der Waals surface area contributed by atoms with E-state index in [1.54, 1.807) is 25.3 Å². The maximum Gasteiger partial charge on any atom is 0.286 e. The highest BCUT2D eigenvalue weighted by atomic mass is 32.1. The zero-order valence-corrected chi connectivity index (χ0v) is 17.7. The van der Waals surface area contributed by atoms with Crippen LogP contribution >= 0.6 is 11.3 Å². The number of amides is 1. The van der Waals surface area contributed by atoms with Crippen molar-refractivity contribution in [2.75, 3.05) is 20.8 Å². The quantitative estimate of drug-likeness (QED) is 0.429. The maximum absolute atomic E-state index is 13.1. The van der Waals surface area contributed by atoms with Crippen LogP contribution in [0, 0.1) is 24.0 Å². The second-order valence-corrected chi connectivity index (χ2v) is 7.72. The third-order valence-electron chi connectivity index (χ3n) is 4.48. The second-order valence-electron chi connectivity index (χ2n) is 6.51. The third kappa shape index (κ3) is 3.88. The molecule has 10 heteroatoms. The van der Waals surface area contributed by atoms with Crippen LogP contribution < -0.4 is 9.47 Å². The van der Waals surface area contributed by atoms with Gasteiger partial charge in [0.1, 0.15) is 5.56 Å². The Morgan fingerprint density at radius 1 is 1.34 bits per heavy atom. The molecule has 3 rings (SSSR count). The summed E-state index contributed by atoms with van der Waals surface area (Å²) >= 11 is 1.57. The molecule has 0 aliphatic carbocycles. The molecule has 0 saturated heterocycles. The van der Waals surface area contributed by atoms with Crippen molar-refractivity contribution in [1.29, 1.82) is 0 Å². The fourth-order valence-corrected chi connectivity index (χ4v) is 3.99. The van der Waals surface area contributed by atoms with Gasteiger partial charge in [0.2, 0.25) is 0 Å². The predicted molar refractivity (Wildman–Crippen MR) is 109 cm³/mol. The molecule has 0 radical (unpaired) electrons. The molecule has 0 N–H and O–H groups in total. The van der Waals surface area contributed by atoms with Gasteiger partial charge >= 0.3 is 0 Å². The molecule has 9 nitrogen and oxygen atoms in total. The minimum Gasteiger partial charge on any atom is -0.493 e. The lowest BCUT2D eigenvalue weighted by atomic mass is 10.1. The molecule has 2 heterocycles. The standard InChI is InChI=1S/C19H22N4O5S/c1-6-28-17-7-13(14(23(25)26)8-16(17)27-5)18(24)21(4)10-15-12(3)20-19-22(15)9-11(2)29-19/h7-9H,6,10H2,1-5H3. The monoisotopic (exact) mass is 418 g/mol. The van der Waals surface area contributed by atoms with Crippen molar-refractivity contribution < 1.29 is 19.2 Å². The number of nitro groups is 1. The van der Waals surface area contributed by atoms with Gasteiger partial charge in [0.05, 0.1) is 42.6 Å².